The van der Waals surface area contributed by atoms with E-state index in [9.17, 15) is 0 Å². The van der Waals surface area contributed by atoms with Crippen LogP contribution in [0.2, 0.25) is 5.02 Å². The fourth-order valence-electron chi connectivity index (χ4n) is 3.06. The van der Waals surface area contributed by atoms with Gasteiger partial charge >= 0.3 is 0 Å². The maximum absolute atomic E-state index is 6.00. The van der Waals surface area contributed by atoms with E-state index in [1.807, 2.05) is 12.1 Å². The Morgan fingerprint density at radius 1 is 1.12 bits per heavy atom. The van der Waals surface area contributed by atoms with Gasteiger partial charge in [0.15, 0.2) is 0 Å². The van der Waals surface area contributed by atoms with E-state index >= 15 is 0 Å². The number of benzene rings is 2. The molecule has 1 atom stereocenters. The van der Waals surface area contributed by atoms with Crippen LogP contribution in [0.25, 0.3) is 6.08 Å². The van der Waals surface area contributed by atoms with Crippen LogP contribution in [0, 0.1) is 0 Å². The maximum atomic E-state index is 6.00. The molecule has 0 heterocycles. The average molecular weight is 357 g/mol. The fraction of sp³-hybridized carbons (Fsp3) is 0.238. The predicted molar refractivity (Wildman–Crippen MR) is 105 cm³/mol. The van der Waals surface area contributed by atoms with Gasteiger partial charge in [-0.05, 0) is 64.9 Å². The summed E-state index contributed by atoms with van der Waals surface area (Å²) in [6.07, 6.45) is 7.42. The third kappa shape index (κ3) is 3.71. The lowest BCUT2D eigenvalue weighted by molar-refractivity contribution is 0.298. The van der Waals surface area contributed by atoms with E-state index in [1.54, 1.807) is 18.9 Å². The van der Waals surface area contributed by atoms with Crippen molar-refractivity contribution >= 4 is 29.4 Å². The first kappa shape index (κ1) is 17.2. The first-order chi connectivity index (χ1) is 11.6. The summed E-state index contributed by atoms with van der Waals surface area (Å²) < 4.78 is 5.70. The molecule has 124 valence electrons. The van der Waals surface area contributed by atoms with Crippen molar-refractivity contribution in [2.75, 3.05) is 13.4 Å². The smallest absolute Gasteiger partial charge is 0.119 e. The molecule has 1 unspecified atom stereocenters. The summed E-state index contributed by atoms with van der Waals surface area (Å²) in [5, 5.41) is 0.764. The van der Waals surface area contributed by atoms with Gasteiger partial charge in [0.1, 0.15) is 5.76 Å². The molecule has 0 spiro atoms. The van der Waals surface area contributed by atoms with E-state index in [0.717, 1.165) is 17.2 Å². The van der Waals surface area contributed by atoms with Gasteiger partial charge in [-0.1, -0.05) is 36.7 Å². The van der Waals surface area contributed by atoms with Crippen LogP contribution in [0.3, 0.4) is 0 Å². The molecule has 0 N–H and O–H groups in total. The summed E-state index contributed by atoms with van der Waals surface area (Å²) in [5.41, 5.74) is 5.05. The summed E-state index contributed by atoms with van der Waals surface area (Å²) in [6.45, 7) is 2.22. The summed E-state index contributed by atoms with van der Waals surface area (Å²) in [5.74, 6) is 1.28. The number of ether oxygens (including phenoxy) is 1. The minimum absolute atomic E-state index is 0.324. The Labute approximate surface area is 153 Å². The Bertz CT molecular complexity index is 790. The molecule has 3 heteroatoms. The van der Waals surface area contributed by atoms with Crippen LogP contribution < -0.4 is 0 Å². The molecule has 0 amide bonds. The molecule has 0 saturated carbocycles. The largest absolute Gasteiger partial charge is 0.497 e. The number of methoxy groups -OCH3 is 1. The van der Waals surface area contributed by atoms with Crippen molar-refractivity contribution in [3.63, 3.8) is 0 Å². The highest BCUT2D eigenvalue weighted by Crippen LogP contribution is 2.34. The van der Waals surface area contributed by atoms with Crippen LogP contribution in [0.15, 0.2) is 64.8 Å². The Balaban J connectivity index is 2.04. The standard InChI is InChI=1S/C21H21ClOS/c1-14-10-21(23-2)17(11-15-4-6-18(22)7-5-15)12-16-13-19(24-3)8-9-20(14)16/h4-10,12-14H,11H2,1-3H3. The second kappa shape index (κ2) is 7.50. The molecule has 0 aromatic heterocycles. The molecule has 1 aliphatic carbocycles. The summed E-state index contributed by atoms with van der Waals surface area (Å²) in [7, 11) is 1.75. The Morgan fingerprint density at radius 2 is 1.88 bits per heavy atom. The SMILES string of the molecule is COC1=CC(C)c2ccc(SC)cc2C=C1Cc1ccc(Cl)cc1. The van der Waals surface area contributed by atoms with E-state index < -0.39 is 0 Å². The number of hydrogen-bond donors (Lipinski definition) is 0. The van der Waals surface area contributed by atoms with Gasteiger partial charge in [-0.15, -0.1) is 11.8 Å². The second-order valence-corrected chi connectivity index (χ2v) is 7.31. The molecule has 1 aliphatic rings. The minimum atomic E-state index is 0.324. The molecule has 3 rings (SSSR count). The van der Waals surface area contributed by atoms with Gasteiger partial charge in [-0.3, -0.25) is 0 Å². The number of fused-ring (bicyclic) bond motifs is 1. The number of rotatable bonds is 4. The van der Waals surface area contributed by atoms with Gasteiger partial charge in [-0.2, -0.15) is 0 Å². The van der Waals surface area contributed by atoms with Crippen molar-refractivity contribution in [3.8, 4) is 0 Å². The number of allylic oxidation sites excluding steroid dienone is 2. The van der Waals surface area contributed by atoms with E-state index in [0.29, 0.717) is 5.92 Å². The first-order valence-corrected chi connectivity index (χ1v) is 9.60. The summed E-state index contributed by atoms with van der Waals surface area (Å²) >= 11 is 7.77. The molecule has 0 fully saturated rings. The van der Waals surface area contributed by atoms with Crippen LogP contribution in [-0.4, -0.2) is 13.4 Å². The molecule has 0 aliphatic heterocycles. The maximum Gasteiger partial charge on any atom is 0.119 e. The Kier molecular flexibility index (Phi) is 5.37. The van der Waals surface area contributed by atoms with Gasteiger partial charge in [0.05, 0.1) is 7.11 Å². The van der Waals surface area contributed by atoms with Crippen molar-refractivity contribution in [1.82, 2.24) is 0 Å². The van der Waals surface area contributed by atoms with Gasteiger partial charge in [0.2, 0.25) is 0 Å². The molecule has 24 heavy (non-hydrogen) atoms. The van der Waals surface area contributed by atoms with Crippen LogP contribution in [0.5, 0.6) is 0 Å². The minimum Gasteiger partial charge on any atom is -0.497 e. The van der Waals surface area contributed by atoms with E-state index in [-0.39, 0.29) is 0 Å². The lowest BCUT2D eigenvalue weighted by Gasteiger charge is -2.11. The third-order valence-corrected chi connectivity index (χ3v) is 5.34. The van der Waals surface area contributed by atoms with Gasteiger partial charge in [0, 0.05) is 22.3 Å². The molecule has 0 radical (unpaired) electrons. The van der Waals surface area contributed by atoms with Crippen LogP contribution in [0.4, 0.5) is 0 Å². The van der Waals surface area contributed by atoms with Crippen LogP contribution in [-0.2, 0) is 11.2 Å². The fourth-order valence-corrected chi connectivity index (χ4v) is 3.64. The lowest BCUT2D eigenvalue weighted by atomic mass is 9.96. The van der Waals surface area contributed by atoms with Gasteiger partial charge < -0.3 is 4.74 Å². The summed E-state index contributed by atoms with van der Waals surface area (Å²) in [4.78, 5) is 1.28. The zero-order chi connectivity index (χ0) is 17.1. The quantitative estimate of drug-likeness (QED) is 0.591. The topological polar surface area (TPSA) is 9.23 Å². The van der Waals surface area contributed by atoms with Crippen molar-refractivity contribution in [1.29, 1.82) is 0 Å². The molecule has 1 nitrogen and oxygen atoms in total. The highest BCUT2D eigenvalue weighted by Gasteiger charge is 2.17. The van der Waals surface area contributed by atoms with E-state index in [1.165, 1.54) is 27.2 Å². The number of thioether (sulfide) groups is 1. The zero-order valence-corrected chi connectivity index (χ0v) is 15.7. The molecule has 0 saturated heterocycles. The summed E-state index contributed by atoms with van der Waals surface area (Å²) in [6, 6.07) is 14.7. The highest BCUT2D eigenvalue weighted by molar-refractivity contribution is 7.98. The molecular weight excluding hydrogens is 336 g/mol. The average Bonchev–Trinajstić information content (AvgIpc) is 2.73. The predicted octanol–water partition coefficient (Wildman–Crippen LogP) is 6.34. The van der Waals surface area contributed by atoms with Crippen LogP contribution in [0.1, 0.15) is 29.5 Å². The van der Waals surface area contributed by atoms with Crippen molar-refractivity contribution in [2.24, 2.45) is 0 Å². The third-order valence-electron chi connectivity index (χ3n) is 4.36. The lowest BCUT2D eigenvalue weighted by Crippen LogP contribution is -1.97. The first-order valence-electron chi connectivity index (χ1n) is 8.00. The van der Waals surface area contributed by atoms with Crippen molar-refractivity contribution in [2.45, 2.75) is 24.2 Å². The van der Waals surface area contributed by atoms with E-state index in [4.69, 9.17) is 16.3 Å². The molecular formula is C21H21ClOS. The highest BCUT2D eigenvalue weighted by atomic mass is 35.5. The van der Waals surface area contributed by atoms with Crippen molar-refractivity contribution < 1.29 is 4.74 Å². The van der Waals surface area contributed by atoms with Crippen LogP contribution >= 0.6 is 23.4 Å². The number of halogens is 1. The molecule has 0 bridgehead atoms. The van der Waals surface area contributed by atoms with Gasteiger partial charge in [-0.25, -0.2) is 0 Å². The molecule has 2 aromatic rings. The van der Waals surface area contributed by atoms with E-state index in [2.05, 4.69) is 55.7 Å². The Hall–Kier alpha value is -1.64. The number of hydrogen-bond acceptors (Lipinski definition) is 2. The van der Waals surface area contributed by atoms with Gasteiger partial charge in [0.25, 0.3) is 0 Å². The zero-order valence-electron chi connectivity index (χ0n) is 14.2. The Morgan fingerprint density at radius 3 is 2.54 bits per heavy atom. The second-order valence-electron chi connectivity index (χ2n) is 5.99. The monoisotopic (exact) mass is 356 g/mol. The van der Waals surface area contributed by atoms with Crippen molar-refractivity contribution in [3.05, 3.63) is 81.6 Å². The molecule has 2 aromatic carbocycles. The normalized spacial score (nSPS) is 16.8.